The van der Waals surface area contributed by atoms with Crippen LogP contribution >= 0.6 is 0 Å². The fourth-order valence-electron chi connectivity index (χ4n) is 2.84. The van der Waals surface area contributed by atoms with Crippen LogP contribution in [0.15, 0.2) is 36.4 Å². The smallest absolute Gasteiger partial charge is 0.270 e. The monoisotopic (exact) mass is 341 g/mol. The van der Waals surface area contributed by atoms with Gasteiger partial charge in [-0.2, -0.15) is 0 Å². The van der Waals surface area contributed by atoms with Crippen molar-refractivity contribution in [1.82, 2.24) is 10.3 Å². The molecule has 5 heteroatoms. The van der Waals surface area contributed by atoms with E-state index in [1.54, 1.807) is 6.07 Å². The highest BCUT2D eigenvalue weighted by atomic mass is 16.2. The molecule has 1 aromatic carbocycles. The molecule has 0 aliphatic carbocycles. The van der Waals surface area contributed by atoms with Crippen molar-refractivity contribution in [2.24, 2.45) is 5.73 Å². The average Bonchev–Trinajstić information content (AvgIpc) is 2.62. The first-order valence-electron chi connectivity index (χ1n) is 9.07. The third kappa shape index (κ3) is 5.85. The van der Waals surface area contributed by atoms with Crippen LogP contribution < -0.4 is 11.1 Å². The minimum atomic E-state index is -0.646. The highest BCUT2D eigenvalue weighted by Crippen LogP contribution is 2.13. The van der Waals surface area contributed by atoms with Crippen LogP contribution in [0.2, 0.25) is 0 Å². The van der Waals surface area contributed by atoms with Gasteiger partial charge >= 0.3 is 0 Å². The molecule has 1 atom stereocenters. The fourth-order valence-corrected chi connectivity index (χ4v) is 2.84. The van der Waals surface area contributed by atoms with E-state index in [-0.39, 0.29) is 5.91 Å². The van der Waals surface area contributed by atoms with E-state index >= 15 is 0 Å². The van der Waals surface area contributed by atoms with Crippen molar-refractivity contribution in [2.75, 3.05) is 0 Å². The zero-order valence-electron chi connectivity index (χ0n) is 14.8. The van der Waals surface area contributed by atoms with E-state index in [9.17, 15) is 9.59 Å². The maximum Gasteiger partial charge on any atom is 0.270 e. The van der Waals surface area contributed by atoms with Gasteiger partial charge in [0, 0.05) is 5.39 Å². The summed E-state index contributed by atoms with van der Waals surface area (Å²) >= 11 is 0. The van der Waals surface area contributed by atoms with Crippen LogP contribution in [0.5, 0.6) is 0 Å². The number of rotatable bonds is 10. The molecule has 0 saturated carbocycles. The Kier molecular flexibility index (Phi) is 7.38. The van der Waals surface area contributed by atoms with Crippen molar-refractivity contribution in [2.45, 2.75) is 57.9 Å². The van der Waals surface area contributed by atoms with E-state index in [1.165, 1.54) is 19.3 Å². The Balaban J connectivity index is 1.91. The number of hydrogen-bond donors (Lipinski definition) is 2. The predicted octanol–water partition coefficient (Wildman–Crippen LogP) is 3.57. The Hall–Kier alpha value is -2.43. The molecular formula is C20H27N3O2. The maximum atomic E-state index is 12.4. The Labute approximate surface area is 149 Å². The topological polar surface area (TPSA) is 85.1 Å². The number of benzene rings is 1. The number of hydrogen-bond acceptors (Lipinski definition) is 3. The SMILES string of the molecule is CCCCCCCC[C@@H](NC(=O)c1ccc2ccccc2n1)C(N)=O. The number of unbranched alkanes of at least 4 members (excludes halogenated alkanes) is 5. The average molecular weight is 341 g/mol. The number of pyridine rings is 1. The highest BCUT2D eigenvalue weighted by molar-refractivity contribution is 5.97. The number of aromatic nitrogens is 1. The Morgan fingerprint density at radius 1 is 1.04 bits per heavy atom. The van der Waals surface area contributed by atoms with E-state index in [4.69, 9.17) is 5.73 Å². The van der Waals surface area contributed by atoms with Crippen LogP contribution in [0.4, 0.5) is 0 Å². The second kappa shape index (κ2) is 9.77. The Morgan fingerprint density at radius 3 is 2.52 bits per heavy atom. The van der Waals surface area contributed by atoms with Gasteiger partial charge in [-0.05, 0) is 18.6 Å². The van der Waals surface area contributed by atoms with Gasteiger partial charge in [0.1, 0.15) is 11.7 Å². The molecule has 2 aromatic rings. The van der Waals surface area contributed by atoms with Gasteiger partial charge in [0.25, 0.3) is 5.91 Å². The lowest BCUT2D eigenvalue weighted by Crippen LogP contribution is -2.44. The van der Waals surface area contributed by atoms with E-state index in [1.807, 2.05) is 30.3 Å². The molecule has 1 heterocycles. The molecule has 0 aliphatic heterocycles. The van der Waals surface area contributed by atoms with E-state index < -0.39 is 11.9 Å². The van der Waals surface area contributed by atoms with Crippen molar-refractivity contribution < 1.29 is 9.59 Å². The number of fused-ring (bicyclic) bond motifs is 1. The van der Waals surface area contributed by atoms with Crippen LogP contribution in [0.1, 0.15) is 62.4 Å². The van der Waals surface area contributed by atoms with Gasteiger partial charge in [0.05, 0.1) is 5.52 Å². The molecule has 134 valence electrons. The van der Waals surface area contributed by atoms with Gasteiger partial charge in [-0.25, -0.2) is 4.98 Å². The fraction of sp³-hybridized carbons (Fsp3) is 0.450. The van der Waals surface area contributed by atoms with Crippen molar-refractivity contribution in [1.29, 1.82) is 0 Å². The maximum absolute atomic E-state index is 12.4. The van der Waals surface area contributed by atoms with E-state index in [0.29, 0.717) is 12.1 Å². The largest absolute Gasteiger partial charge is 0.368 e. The minimum absolute atomic E-state index is 0.299. The van der Waals surface area contributed by atoms with Gasteiger partial charge in [-0.3, -0.25) is 9.59 Å². The molecule has 0 fully saturated rings. The number of nitrogens with two attached hydrogens (primary N) is 1. The number of nitrogens with zero attached hydrogens (tertiary/aromatic N) is 1. The lowest BCUT2D eigenvalue weighted by atomic mass is 10.0. The molecule has 0 aliphatic rings. The van der Waals surface area contributed by atoms with E-state index in [0.717, 1.165) is 30.2 Å². The Bertz CT molecular complexity index is 715. The number of amides is 2. The highest BCUT2D eigenvalue weighted by Gasteiger charge is 2.19. The van der Waals surface area contributed by atoms with Crippen molar-refractivity contribution >= 4 is 22.7 Å². The summed E-state index contributed by atoms with van der Waals surface area (Å²) in [5.41, 5.74) is 6.49. The molecule has 1 aromatic heterocycles. The normalized spacial score (nSPS) is 12.0. The van der Waals surface area contributed by atoms with Crippen molar-refractivity contribution in [3.63, 3.8) is 0 Å². The van der Waals surface area contributed by atoms with Gasteiger partial charge in [-0.1, -0.05) is 69.7 Å². The van der Waals surface area contributed by atoms with Gasteiger partial charge in [0.15, 0.2) is 0 Å². The number of carbonyl (C=O) groups is 2. The van der Waals surface area contributed by atoms with Gasteiger partial charge < -0.3 is 11.1 Å². The Morgan fingerprint density at radius 2 is 1.76 bits per heavy atom. The first-order chi connectivity index (χ1) is 12.1. The summed E-state index contributed by atoms with van der Waals surface area (Å²) in [6, 6.07) is 10.5. The minimum Gasteiger partial charge on any atom is -0.368 e. The third-order valence-electron chi connectivity index (χ3n) is 4.33. The van der Waals surface area contributed by atoms with Crippen molar-refractivity contribution in [3.05, 3.63) is 42.1 Å². The summed E-state index contributed by atoms with van der Waals surface area (Å²) in [4.78, 5) is 28.4. The number of nitrogens with one attached hydrogen (secondary N) is 1. The summed E-state index contributed by atoms with van der Waals surface area (Å²) in [5, 5.41) is 3.69. The van der Waals surface area contributed by atoms with Crippen LogP contribution in [0.3, 0.4) is 0 Å². The molecule has 0 saturated heterocycles. The molecule has 2 amide bonds. The quantitative estimate of drug-likeness (QED) is 0.648. The number of para-hydroxylation sites is 1. The van der Waals surface area contributed by atoms with Gasteiger partial charge in [-0.15, -0.1) is 0 Å². The van der Waals surface area contributed by atoms with Crippen LogP contribution in [0, 0.1) is 0 Å². The molecule has 0 bridgehead atoms. The lowest BCUT2D eigenvalue weighted by Gasteiger charge is -2.15. The zero-order chi connectivity index (χ0) is 18.1. The molecule has 25 heavy (non-hydrogen) atoms. The molecule has 0 spiro atoms. The van der Waals surface area contributed by atoms with Crippen LogP contribution in [-0.2, 0) is 4.79 Å². The summed E-state index contributed by atoms with van der Waals surface area (Å²) in [6.07, 6.45) is 7.31. The zero-order valence-corrected chi connectivity index (χ0v) is 14.8. The summed E-state index contributed by atoms with van der Waals surface area (Å²) in [6.45, 7) is 2.18. The summed E-state index contributed by atoms with van der Waals surface area (Å²) < 4.78 is 0. The number of primary amides is 1. The lowest BCUT2D eigenvalue weighted by molar-refractivity contribution is -0.120. The second-order valence-electron chi connectivity index (χ2n) is 6.37. The van der Waals surface area contributed by atoms with Crippen molar-refractivity contribution in [3.8, 4) is 0 Å². The first kappa shape index (κ1) is 18.9. The summed E-state index contributed by atoms with van der Waals surface area (Å²) in [7, 11) is 0. The molecule has 2 rings (SSSR count). The molecule has 0 unspecified atom stereocenters. The molecular weight excluding hydrogens is 314 g/mol. The van der Waals surface area contributed by atoms with E-state index in [2.05, 4.69) is 17.2 Å². The third-order valence-corrected chi connectivity index (χ3v) is 4.33. The number of carbonyl (C=O) groups excluding carboxylic acids is 2. The molecule has 0 radical (unpaired) electrons. The van der Waals surface area contributed by atoms with Crippen LogP contribution in [0.25, 0.3) is 10.9 Å². The molecule has 3 N–H and O–H groups in total. The summed E-state index contributed by atoms with van der Waals surface area (Å²) in [5.74, 6) is -0.858. The van der Waals surface area contributed by atoms with Crippen LogP contribution in [-0.4, -0.2) is 22.8 Å². The molecule has 5 nitrogen and oxygen atoms in total. The predicted molar refractivity (Wildman–Crippen MR) is 100 cm³/mol. The standard InChI is InChI=1S/C20H27N3O2/c1-2-3-4-5-6-7-12-17(19(21)24)23-20(25)18-14-13-15-10-8-9-11-16(15)22-18/h8-11,13-14,17H,2-7,12H2,1H3,(H2,21,24)(H,23,25)/t17-/m1/s1. The van der Waals surface area contributed by atoms with Gasteiger partial charge in [0.2, 0.25) is 5.91 Å². The second-order valence-corrected chi connectivity index (χ2v) is 6.37. The first-order valence-corrected chi connectivity index (χ1v) is 9.07.